The summed E-state index contributed by atoms with van der Waals surface area (Å²) in [5, 5.41) is 9.46. The van der Waals surface area contributed by atoms with Gasteiger partial charge in [-0.3, -0.25) is 29.2 Å². The van der Waals surface area contributed by atoms with Gasteiger partial charge in [0.2, 0.25) is 17.7 Å². The normalized spacial score (nSPS) is 18.1. The number of hydrogen-bond acceptors (Lipinski definition) is 6. The highest BCUT2D eigenvalue weighted by Gasteiger charge is 2.39. The van der Waals surface area contributed by atoms with E-state index >= 15 is 0 Å². The fourth-order valence-electron chi connectivity index (χ4n) is 3.89. The smallest absolute Gasteiger partial charge is 0.255 e. The third kappa shape index (κ3) is 4.27. The van der Waals surface area contributed by atoms with E-state index in [0.717, 1.165) is 11.1 Å². The number of hydrogen-bond donors (Lipinski definition) is 2. The van der Waals surface area contributed by atoms with Crippen LogP contribution in [0.3, 0.4) is 0 Å². The number of imide groups is 1. The first kappa shape index (κ1) is 20.6. The zero-order valence-electron chi connectivity index (χ0n) is 17.4. The quantitative estimate of drug-likeness (QED) is 0.642. The molecule has 10 nitrogen and oxygen atoms in total. The summed E-state index contributed by atoms with van der Waals surface area (Å²) < 4.78 is 1.69. The van der Waals surface area contributed by atoms with Gasteiger partial charge in [-0.25, -0.2) is 0 Å². The zero-order chi connectivity index (χ0) is 22.1. The van der Waals surface area contributed by atoms with Crippen LogP contribution in [0.5, 0.6) is 0 Å². The van der Waals surface area contributed by atoms with Crippen molar-refractivity contribution in [1.82, 2.24) is 24.9 Å². The lowest BCUT2D eigenvalue weighted by Crippen LogP contribution is -2.52. The first-order valence-electron chi connectivity index (χ1n) is 10.0. The van der Waals surface area contributed by atoms with E-state index in [1.807, 2.05) is 25.4 Å². The molecule has 162 valence electrons. The standard InChI is InChI=1S/C21H24N6O4/c1-25(10-13-8-23-26(2)11-13)19(29)9-22-15-4-3-14-12-27(21(31)16(14)7-15)17-5-6-18(28)24-20(17)30/h3-4,7-8,11,17,22H,5-6,9-10,12H2,1-2H3,(H,24,28,30). The Kier molecular flexibility index (Phi) is 5.45. The van der Waals surface area contributed by atoms with Crippen LogP contribution in [0, 0.1) is 0 Å². The van der Waals surface area contributed by atoms with Gasteiger partial charge in [0, 0.05) is 56.6 Å². The number of nitrogens with zero attached hydrogens (tertiary/aromatic N) is 4. The third-order valence-corrected chi connectivity index (χ3v) is 5.58. The van der Waals surface area contributed by atoms with E-state index in [9.17, 15) is 19.2 Å². The molecule has 0 spiro atoms. The molecule has 2 aromatic rings. The minimum atomic E-state index is -0.642. The van der Waals surface area contributed by atoms with Crippen LogP contribution >= 0.6 is 0 Å². The number of anilines is 1. The van der Waals surface area contributed by atoms with Gasteiger partial charge in [-0.05, 0) is 24.1 Å². The van der Waals surface area contributed by atoms with E-state index in [0.29, 0.717) is 30.8 Å². The largest absolute Gasteiger partial charge is 0.376 e. The van der Waals surface area contributed by atoms with Crippen LogP contribution in [0.15, 0.2) is 30.6 Å². The molecule has 1 saturated heterocycles. The van der Waals surface area contributed by atoms with E-state index < -0.39 is 11.9 Å². The Bertz CT molecular complexity index is 1060. The number of nitrogens with one attached hydrogen (secondary N) is 2. The van der Waals surface area contributed by atoms with E-state index in [-0.39, 0.29) is 30.7 Å². The molecule has 0 bridgehead atoms. The minimum absolute atomic E-state index is 0.0839. The molecule has 1 fully saturated rings. The second-order valence-electron chi connectivity index (χ2n) is 7.90. The summed E-state index contributed by atoms with van der Waals surface area (Å²) in [5.74, 6) is -1.08. The van der Waals surface area contributed by atoms with Crippen molar-refractivity contribution >= 4 is 29.3 Å². The summed E-state index contributed by atoms with van der Waals surface area (Å²) in [6, 6.07) is 4.70. The molecule has 0 aliphatic carbocycles. The molecule has 0 radical (unpaired) electrons. The van der Waals surface area contributed by atoms with Gasteiger partial charge in [0.25, 0.3) is 5.91 Å². The van der Waals surface area contributed by atoms with Crippen LogP contribution in [0.4, 0.5) is 5.69 Å². The van der Waals surface area contributed by atoms with Crippen LogP contribution in [-0.2, 0) is 34.5 Å². The molecule has 4 rings (SSSR count). The molecule has 10 heteroatoms. The Hall–Kier alpha value is -3.69. The molecule has 1 unspecified atom stereocenters. The lowest BCUT2D eigenvalue weighted by molar-refractivity contribution is -0.137. The highest BCUT2D eigenvalue weighted by molar-refractivity contribution is 6.05. The molecule has 1 aromatic carbocycles. The van der Waals surface area contributed by atoms with Gasteiger partial charge < -0.3 is 15.1 Å². The maximum Gasteiger partial charge on any atom is 0.255 e. The Balaban J connectivity index is 1.37. The molecule has 2 aliphatic rings. The van der Waals surface area contributed by atoms with Crippen molar-refractivity contribution in [1.29, 1.82) is 0 Å². The van der Waals surface area contributed by atoms with E-state index in [2.05, 4.69) is 15.7 Å². The molecule has 1 atom stereocenters. The Labute approximate surface area is 179 Å². The van der Waals surface area contributed by atoms with Crippen LogP contribution in [-0.4, -0.2) is 62.8 Å². The number of aromatic nitrogens is 2. The van der Waals surface area contributed by atoms with Crippen LogP contribution in [0.25, 0.3) is 0 Å². The van der Waals surface area contributed by atoms with Gasteiger partial charge in [-0.2, -0.15) is 5.10 Å². The third-order valence-electron chi connectivity index (χ3n) is 5.58. The van der Waals surface area contributed by atoms with Crippen LogP contribution < -0.4 is 10.6 Å². The number of benzene rings is 1. The Morgan fingerprint density at radius 3 is 2.84 bits per heavy atom. The number of carbonyl (C=O) groups is 4. The van der Waals surface area contributed by atoms with Crippen molar-refractivity contribution in [2.24, 2.45) is 7.05 Å². The van der Waals surface area contributed by atoms with Crippen molar-refractivity contribution in [3.05, 3.63) is 47.3 Å². The second kappa shape index (κ2) is 8.21. The molecular formula is C21H24N6O4. The van der Waals surface area contributed by atoms with Crippen LogP contribution in [0.2, 0.25) is 0 Å². The Morgan fingerprint density at radius 1 is 1.32 bits per heavy atom. The molecule has 2 aliphatic heterocycles. The fourth-order valence-corrected chi connectivity index (χ4v) is 3.89. The molecule has 1 aromatic heterocycles. The highest BCUT2D eigenvalue weighted by atomic mass is 16.2. The van der Waals surface area contributed by atoms with Gasteiger partial charge >= 0.3 is 0 Å². The van der Waals surface area contributed by atoms with Crippen molar-refractivity contribution in [2.45, 2.75) is 32.0 Å². The number of likely N-dealkylation sites (N-methyl/N-ethyl adjacent to an activating group) is 1. The maximum atomic E-state index is 12.9. The summed E-state index contributed by atoms with van der Waals surface area (Å²) >= 11 is 0. The average Bonchev–Trinajstić information content (AvgIpc) is 3.29. The molecule has 0 saturated carbocycles. The predicted molar refractivity (Wildman–Crippen MR) is 111 cm³/mol. The summed E-state index contributed by atoms with van der Waals surface area (Å²) in [6.45, 7) is 0.867. The topological polar surface area (TPSA) is 117 Å². The van der Waals surface area contributed by atoms with Crippen LogP contribution in [0.1, 0.15) is 34.3 Å². The van der Waals surface area contributed by atoms with E-state index in [4.69, 9.17) is 0 Å². The number of carbonyl (C=O) groups excluding carboxylic acids is 4. The first-order valence-corrected chi connectivity index (χ1v) is 10.0. The minimum Gasteiger partial charge on any atom is -0.376 e. The van der Waals surface area contributed by atoms with Gasteiger partial charge in [0.1, 0.15) is 6.04 Å². The lowest BCUT2D eigenvalue weighted by Gasteiger charge is -2.29. The maximum absolute atomic E-state index is 12.9. The van der Waals surface area contributed by atoms with E-state index in [1.54, 1.807) is 28.9 Å². The second-order valence-corrected chi connectivity index (χ2v) is 7.90. The SMILES string of the molecule is CN(Cc1cnn(C)c1)C(=O)CNc1ccc2c(c1)C(=O)N(C1CCC(=O)NC1=O)C2. The highest BCUT2D eigenvalue weighted by Crippen LogP contribution is 2.29. The van der Waals surface area contributed by atoms with Gasteiger partial charge in [-0.15, -0.1) is 0 Å². The molecule has 2 N–H and O–H groups in total. The molecule has 3 heterocycles. The first-order chi connectivity index (χ1) is 14.8. The van der Waals surface area contributed by atoms with Crippen molar-refractivity contribution in [2.75, 3.05) is 18.9 Å². The number of fused-ring (bicyclic) bond motifs is 1. The number of aryl methyl sites for hydroxylation is 1. The average molecular weight is 424 g/mol. The summed E-state index contributed by atoms with van der Waals surface area (Å²) in [5.41, 5.74) is 2.92. The predicted octanol–water partition coefficient (Wildman–Crippen LogP) is 0.252. The molecule has 4 amide bonds. The summed E-state index contributed by atoms with van der Waals surface area (Å²) in [6.07, 6.45) is 4.13. The molecular weight excluding hydrogens is 400 g/mol. The fraction of sp³-hybridized carbons (Fsp3) is 0.381. The van der Waals surface area contributed by atoms with Gasteiger partial charge in [0.05, 0.1) is 12.7 Å². The summed E-state index contributed by atoms with van der Waals surface area (Å²) in [4.78, 5) is 51.9. The molecule has 31 heavy (non-hydrogen) atoms. The number of amides is 4. The van der Waals surface area contributed by atoms with Gasteiger partial charge in [-0.1, -0.05) is 6.07 Å². The zero-order valence-corrected chi connectivity index (χ0v) is 17.4. The monoisotopic (exact) mass is 424 g/mol. The lowest BCUT2D eigenvalue weighted by atomic mass is 10.0. The van der Waals surface area contributed by atoms with Crippen molar-refractivity contribution in [3.8, 4) is 0 Å². The summed E-state index contributed by atoms with van der Waals surface area (Å²) in [7, 11) is 3.55. The number of piperidine rings is 1. The van der Waals surface area contributed by atoms with Gasteiger partial charge in [0.15, 0.2) is 0 Å². The Morgan fingerprint density at radius 2 is 2.13 bits per heavy atom. The van der Waals surface area contributed by atoms with E-state index in [1.165, 1.54) is 4.90 Å². The number of rotatable bonds is 6. The van der Waals surface area contributed by atoms with Crippen molar-refractivity contribution < 1.29 is 19.2 Å². The van der Waals surface area contributed by atoms with Crippen molar-refractivity contribution in [3.63, 3.8) is 0 Å².